The molecule has 3 atom stereocenters. The summed E-state index contributed by atoms with van der Waals surface area (Å²) in [6, 6.07) is 9.55. The Bertz CT molecular complexity index is 1140. The number of aromatic hydroxyl groups is 1. The molecule has 2 aromatic rings. The number of nitrogens with zero attached hydrogens (tertiary/aromatic N) is 1. The molecule has 40 heavy (non-hydrogen) atoms. The van der Waals surface area contributed by atoms with E-state index >= 15 is 0 Å². The standard InChI is InChI=1S/C31H45N3O5S/c1-19(2)12-13-22(5)34(29(37)25(18-40)32-30(38)39-31(6,7)8)27(23-14-16-24(35)17-15-23)28(36)33-26-20(3)10-9-11-21(26)4/h9-11,14-17,19,22,25,27,35,40H,12-13,18H2,1-8H3,(H,32,38)(H,33,36). The van der Waals surface area contributed by atoms with E-state index < -0.39 is 35.6 Å². The molecular weight excluding hydrogens is 526 g/mol. The Morgan fingerprint density at radius 3 is 2.05 bits per heavy atom. The summed E-state index contributed by atoms with van der Waals surface area (Å²) in [6.07, 6.45) is 0.729. The monoisotopic (exact) mass is 571 g/mol. The first-order chi connectivity index (χ1) is 18.6. The third kappa shape index (κ3) is 9.47. The highest BCUT2D eigenvalue weighted by molar-refractivity contribution is 7.80. The number of para-hydroxylation sites is 1. The topological polar surface area (TPSA) is 108 Å². The van der Waals surface area contributed by atoms with E-state index in [4.69, 9.17) is 4.74 Å². The van der Waals surface area contributed by atoms with Gasteiger partial charge in [0.1, 0.15) is 23.4 Å². The van der Waals surface area contributed by atoms with Gasteiger partial charge < -0.3 is 25.4 Å². The lowest BCUT2D eigenvalue weighted by Crippen LogP contribution is -2.55. The average molecular weight is 572 g/mol. The van der Waals surface area contributed by atoms with Crippen molar-refractivity contribution in [2.45, 2.75) is 92.0 Å². The van der Waals surface area contributed by atoms with Crippen molar-refractivity contribution in [3.8, 4) is 5.75 Å². The fourth-order valence-corrected chi connectivity index (χ4v) is 4.67. The van der Waals surface area contributed by atoms with Crippen LogP contribution in [0.1, 0.15) is 77.1 Å². The first-order valence-electron chi connectivity index (χ1n) is 13.7. The number of anilines is 1. The molecule has 0 radical (unpaired) electrons. The highest BCUT2D eigenvalue weighted by Gasteiger charge is 2.38. The molecule has 0 fully saturated rings. The Morgan fingerprint density at radius 2 is 1.55 bits per heavy atom. The Hall–Kier alpha value is -3.20. The first kappa shape index (κ1) is 33.0. The Labute approximate surface area is 244 Å². The minimum absolute atomic E-state index is 0.00625. The number of nitrogens with one attached hydrogen (secondary N) is 2. The molecule has 0 saturated heterocycles. The van der Waals surface area contributed by atoms with Crippen LogP contribution in [0, 0.1) is 19.8 Å². The smallest absolute Gasteiger partial charge is 0.408 e. The van der Waals surface area contributed by atoms with Gasteiger partial charge in [0.2, 0.25) is 5.91 Å². The van der Waals surface area contributed by atoms with E-state index in [2.05, 4.69) is 37.1 Å². The van der Waals surface area contributed by atoms with E-state index in [-0.39, 0.29) is 17.5 Å². The zero-order valence-corrected chi connectivity index (χ0v) is 25.8. The number of ether oxygens (including phenoxy) is 1. The van der Waals surface area contributed by atoms with E-state index in [1.54, 1.807) is 32.9 Å². The molecule has 0 spiro atoms. The van der Waals surface area contributed by atoms with E-state index in [1.807, 2.05) is 39.0 Å². The van der Waals surface area contributed by atoms with Crippen molar-refractivity contribution >= 4 is 36.2 Å². The number of aryl methyl sites for hydroxylation is 2. The van der Waals surface area contributed by atoms with Gasteiger partial charge in [0.05, 0.1) is 0 Å². The number of phenolic OH excluding ortho intramolecular Hbond substituents is 1. The van der Waals surface area contributed by atoms with Crippen LogP contribution >= 0.6 is 12.6 Å². The molecular formula is C31H45N3O5S. The van der Waals surface area contributed by atoms with Crippen molar-refractivity contribution in [3.63, 3.8) is 0 Å². The van der Waals surface area contributed by atoms with Crippen molar-refractivity contribution in [2.75, 3.05) is 11.1 Å². The summed E-state index contributed by atoms with van der Waals surface area (Å²) in [5, 5.41) is 15.6. The second kappa shape index (κ2) is 14.4. The van der Waals surface area contributed by atoms with Crippen LogP contribution in [0.15, 0.2) is 42.5 Å². The minimum Gasteiger partial charge on any atom is -0.508 e. The Morgan fingerprint density at radius 1 is 0.975 bits per heavy atom. The van der Waals surface area contributed by atoms with Crippen molar-refractivity contribution in [2.24, 2.45) is 5.92 Å². The van der Waals surface area contributed by atoms with Gasteiger partial charge in [-0.05, 0) is 89.1 Å². The largest absolute Gasteiger partial charge is 0.508 e. The lowest BCUT2D eigenvalue weighted by Gasteiger charge is -2.38. The van der Waals surface area contributed by atoms with Crippen LogP contribution in [0.3, 0.4) is 0 Å². The molecule has 3 unspecified atom stereocenters. The molecule has 220 valence electrons. The highest BCUT2D eigenvalue weighted by Crippen LogP contribution is 2.31. The number of carbonyl (C=O) groups excluding carboxylic acids is 3. The maximum Gasteiger partial charge on any atom is 0.408 e. The van der Waals surface area contributed by atoms with E-state index in [1.165, 1.54) is 17.0 Å². The van der Waals surface area contributed by atoms with Gasteiger partial charge >= 0.3 is 6.09 Å². The van der Waals surface area contributed by atoms with Gasteiger partial charge in [-0.25, -0.2) is 4.79 Å². The van der Waals surface area contributed by atoms with Gasteiger partial charge in [-0.2, -0.15) is 12.6 Å². The zero-order chi connectivity index (χ0) is 30.2. The number of amides is 3. The van der Waals surface area contributed by atoms with Gasteiger partial charge in [-0.3, -0.25) is 9.59 Å². The van der Waals surface area contributed by atoms with Crippen LogP contribution in [0.5, 0.6) is 5.75 Å². The van der Waals surface area contributed by atoms with Crippen LogP contribution in [-0.4, -0.2) is 51.4 Å². The summed E-state index contributed by atoms with van der Waals surface area (Å²) in [7, 11) is 0. The van der Waals surface area contributed by atoms with Crippen LogP contribution in [-0.2, 0) is 14.3 Å². The Kier molecular flexibility index (Phi) is 11.9. The molecule has 9 heteroatoms. The van der Waals surface area contributed by atoms with Crippen molar-refractivity contribution in [1.29, 1.82) is 0 Å². The van der Waals surface area contributed by atoms with Crippen LogP contribution in [0.25, 0.3) is 0 Å². The van der Waals surface area contributed by atoms with Gasteiger partial charge in [-0.15, -0.1) is 0 Å². The third-order valence-electron chi connectivity index (χ3n) is 6.53. The van der Waals surface area contributed by atoms with Crippen LogP contribution in [0.2, 0.25) is 0 Å². The number of carbonyl (C=O) groups is 3. The molecule has 0 aliphatic carbocycles. The lowest BCUT2D eigenvalue weighted by molar-refractivity contribution is -0.143. The molecule has 0 heterocycles. The van der Waals surface area contributed by atoms with E-state index in [0.717, 1.165) is 17.5 Å². The SMILES string of the molecule is Cc1cccc(C)c1NC(=O)C(c1ccc(O)cc1)N(C(=O)C(CS)NC(=O)OC(C)(C)C)C(C)CCC(C)C. The zero-order valence-electron chi connectivity index (χ0n) is 24.9. The number of phenols is 1. The number of alkyl carbamates (subject to hydrolysis) is 1. The summed E-state index contributed by atoms with van der Waals surface area (Å²) in [5.74, 6) is -0.416. The third-order valence-corrected chi connectivity index (χ3v) is 6.89. The van der Waals surface area contributed by atoms with E-state index in [9.17, 15) is 19.5 Å². The molecule has 0 aliphatic heterocycles. The summed E-state index contributed by atoms with van der Waals surface area (Å²) >= 11 is 4.37. The maximum atomic E-state index is 14.2. The normalized spacial score (nSPS) is 13.8. The summed E-state index contributed by atoms with van der Waals surface area (Å²) in [6.45, 7) is 15.1. The highest BCUT2D eigenvalue weighted by atomic mass is 32.1. The molecule has 3 amide bonds. The fraction of sp³-hybridized carbons (Fsp3) is 0.516. The lowest BCUT2D eigenvalue weighted by atomic mass is 9.97. The first-order valence-corrected chi connectivity index (χ1v) is 14.4. The van der Waals surface area contributed by atoms with Gasteiger partial charge in [-0.1, -0.05) is 44.2 Å². The summed E-state index contributed by atoms with van der Waals surface area (Å²) in [4.78, 5) is 42.5. The number of hydrogen-bond acceptors (Lipinski definition) is 6. The molecule has 0 bridgehead atoms. The van der Waals surface area contributed by atoms with Gasteiger partial charge in [0.15, 0.2) is 0 Å². The van der Waals surface area contributed by atoms with E-state index in [0.29, 0.717) is 23.6 Å². The quantitative estimate of drug-likeness (QED) is 0.242. The fourth-order valence-electron chi connectivity index (χ4n) is 4.43. The second-order valence-corrected chi connectivity index (χ2v) is 12.1. The number of benzene rings is 2. The van der Waals surface area contributed by atoms with Crippen molar-refractivity contribution in [1.82, 2.24) is 10.2 Å². The van der Waals surface area contributed by atoms with Crippen LogP contribution < -0.4 is 10.6 Å². The Balaban J connectivity index is 2.60. The van der Waals surface area contributed by atoms with Crippen molar-refractivity contribution < 1.29 is 24.2 Å². The molecule has 0 saturated carbocycles. The molecule has 8 nitrogen and oxygen atoms in total. The van der Waals surface area contributed by atoms with Gasteiger partial charge in [0, 0.05) is 17.5 Å². The summed E-state index contributed by atoms with van der Waals surface area (Å²) < 4.78 is 5.39. The minimum atomic E-state index is -1.04. The maximum absolute atomic E-state index is 14.2. The number of thiol groups is 1. The molecule has 2 aromatic carbocycles. The predicted octanol–water partition coefficient (Wildman–Crippen LogP) is 6.17. The molecule has 2 rings (SSSR count). The van der Waals surface area contributed by atoms with Crippen molar-refractivity contribution in [3.05, 3.63) is 59.2 Å². The average Bonchev–Trinajstić information content (AvgIpc) is 2.85. The number of hydrogen-bond donors (Lipinski definition) is 4. The number of rotatable bonds is 11. The van der Waals surface area contributed by atoms with Gasteiger partial charge in [0.25, 0.3) is 5.91 Å². The molecule has 0 aliphatic rings. The second-order valence-electron chi connectivity index (χ2n) is 11.7. The predicted molar refractivity (Wildman–Crippen MR) is 163 cm³/mol. The summed E-state index contributed by atoms with van der Waals surface area (Å²) in [5.41, 5.74) is 2.24. The molecule has 3 N–H and O–H groups in total. The van der Waals surface area contributed by atoms with Crippen LogP contribution in [0.4, 0.5) is 10.5 Å². The molecule has 0 aromatic heterocycles.